The second-order valence-corrected chi connectivity index (χ2v) is 5.26. The Morgan fingerprint density at radius 3 is 2.91 bits per heavy atom. The topological polar surface area (TPSA) is 85.1 Å². The normalized spacial score (nSPS) is 17.2. The molecule has 7 nitrogen and oxygen atoms in total. The molecule has 0 amide bonds. The second-order valence-electron chi connectivity index (χ2n) is 5.26. The third-order valence-corrected chi connectivity index (χ3v) is 3.82. The smallest absolute Gasteiger partial charge is 0.312 e. The molecule has 118 valence electrons. The highest BCUT2D eigenvalue weighted by Gasteiger charge is 2.24. The second kappa shape index (κ2) is 5.47. The van der Waals surface area contributed by atoms with Crippen LogP contribution >= 0.6 is 0 Å². The lowest BCUT2D eigenvalue weighted by Crippen LogP contribution is -2.24. The lowest BCUT2D eigenvalue weighted by atomic mass is 10.2. The van der Waals surface area contributed by atoms with Crippen molar-refractivity contribution in [1.29, 1.82) is 0 Å². The summed E-state index contributed by atoms with van der Waals surface area (Å²) in [7, 11) is 0. The van der Waals surface area contributed by atoms with Gasteiger partial charge in [0.25, 0.3) is 0 Å². The van der Waals surface area contributed by atoms with Crippen molar-refractivity contribution in [2.24, 2.45) is 0 Å². The molecule has 3 heterocycles. The third kappa shape index (κ3) is 2.46. The van der Waals surface area contributed by atoms with Gasteiger partial charge in [-0.25, -0.2) is 4.98 Å². The van der Waals surface area contributed by atoms with Gasteiger partial charge in [0.1, 0.15) is 12.0 Å². The van der Waals surface area contributed by atoms with Crippen molar-refractivity contribution in [3.05, 3.63) is 42.2 Å². The Morgan fingerprint density at radius 1 is 1.35 bits per heavy atom. The maximum atomic E-state index is 13.8. The van der Waals surface area contributed by atoms with Gasteiger partial charge in [-0.2, -0.15) is 14.4 Å². The predicted octanol–water partition coefficient (Wildman–Crippen LogP) is 2.20. The van der Waals surface area contributed by atoms with Crippen LogP contribution in [-0.4, -0.2) is 31.2 Å². The first-order valence-electron chi connectivity index (χ1n) is 7.25. The Hall–Kier alpha value is -2.74. The van der Waals surface area contributed by atoms with Crippen molar-refractivity contribution >= 4 is 17.0 Å². The molecule has 8 heteroatoms. The highest BCUT2D eigenvalue weighted by molar-refractivity contribution is 5.82. The van der Waals surface area contributed by atoms with Gasteiger partial charge in [-0.3, -0.25) is 4.57 Å². The average Bonchev–Trinajstić information content (AvgIpc) is 2.88. The monoisotopic (exact) mass is 315 g/mol. The van der Waals surface area contributed by atoms with E-state index >= 15 is 0 Å². The van der Waals surface area contributed by atoms with Crippen LogP contribution in [-0.2, 0) is 11.3 Å². The van der Waals surface area contributed by atoms with Crippen LogP contribution in [0.15, 0.2) is 30.6 Å². The summed E-state index contributed by atoms with van der Waals surface area (Å²) in [4.78, 5) is 11.9. The fourth-order valence-electron chi connectivity index (χ4n) is 2.51. The molecule has 2 aromatic heterocycles. The first kappa shape index (κ1) is 13.9. The minimum Gasteiger partial charge on any atom is -0.508 e. The Morgan fingerprint density at radius 2 is 2.17 bits per heavy atom. The first-order valence-corrected chi connectivity index (χ1v) is 7.25. The molecule has 1 aliphatic heterocycles. The number of ether oxygens (including phenoxy) is 1. The van der Waals surface area contributed by atoms with E-state index < -0.39 is 6.08 Å². The zero-order chi connectivity index (χ0) is 15.8. The van der Waals surface area contributed by atoms with Crippen LogP contribution in [0.5, 0.6) is 5.75 Å². The van der Waals surface area contributed by atoms with E-state index in [0.717, 1.165) is 6.42 Å². The van der Waals surface area contributed by atoms with E-state index in [1.807, 2.05) is 6.07 Å². The molecule has 0 aliphatic carbocycles. The van der Waals surface area contributed by atoms with Gasteiger partial charge in [0.05, 0.1) is 12.9 Å². The third-order valence-electron chi connectivity index (χ3n) is 3.82. The SMILES string of the molecule is Oc1ccccc1CNc1nc(F)nc2c1ncn2C1CCO1. The standard InChI is InChI=1S/C15H14FN5O2/c16-15-19-13(17-7-9-3-1-2-4-10(9)22)12-14(20-15)21(8-18-12)11-5-6-23-11/h1-4,8,11,22H,5-7H2,(H,17,19,20). The first-order chi connectivity index (χ1) is 11.2. The number of para-hydroxylation sites is 1. The molecule has 1 saturated heterocycles. The van der Waals surface area contributed by atoms with Crippen molar-refractivity contribution in [2.45, 2.75) is 19.2 Å². The van der Waals surface area contributed by atoms with E-state index in [1.165, 1.54) is 0 Å². The lowest BCUT2D eigenvalue weighted by molar-refractivity contribution is -0.0974. The molecule has 0 radical (unpaired) electrons. The minimum absolute atomic E-state index is 0.152. The molecule has 0 spiro atoms. The lowest BCUT2D eigenvalue weighted by Gasteiger charge is -2.27. The summed E-state index contributed by atoms with van der Waals surface area (Å²) < 4.78 is 20.8. The van der Waals surface area contributed by atoms with E-state index in [9.17, 15) is 9.50 Å². The molecule has 0 saturated carbocycles. The highest BCUT2D eigenvalue weighted by Crippen LogP contribution is 2.29. The molecule has 23 heavy (non-hydrogen) atoms. The largest absolute Gasteiger partial charge is 0.508 e. The number of halogens is 1. The number of imidazole rings is 1. The van der Waals surface area contributed by atoms with Crippen LogP contribution in [0.1, 0.15) is 18.2 Å². The van der Waals surface area contributed by atoms with Crippen molar-refractivity contribution in [3.63, 3.8) is 0 Å². The van der Waals surface area contributed by atoms with Crippen LogP contribution in [0.25, 0.3) is 11.2 Å². The number of nitrogens with zero attached hydrogens (tertiary/aromatic N) is 4. The van der Waals surface area contributed by atoms with Gasteiger partial charge in [-0.15, -0.1) is 0 Å². The molecule has 1 aliphatic rings. The van der Waals surface area contributed by atoms with E-state index in [1.54, 1.807) is 29.1 Å². The number of phenols is 1. The van der Waals surface area contributed by atoms with Crippen LogP contribution in [0.4, 0.5) is 10.2 Å². The maximum Gasteiger partial charge on any atom is 0.312 e. The molecule has 3 aromatic rings. The van der Waals surface area contributed by atoms with Crippen molar-refractivity contribution < 1.29 is 14.2 Å². The van der Waals surface area contributed by atoms with Gasteiger partial charge in [0.2, 0.25) is 0 Å². The van der Waals surface area contributed by atoms with Crippen molar-refractivity contribution in [2.75, 3.05) is 11.9 Å². The molecule has 1 aromatic carbocycles. The Kier molecular flexibility index (Phi) is 3.30. The number of aromatic nitrogens is 4. The fourth-order valence-corrected chi connectivity index (χ4v) is 2.51. The zero-order valence-corrected chi connectivity index (χ0v) is 12.1. The summed E-state index contributed by atoms with van der Waals surface area (Å²) in [5, 5.41) is 12.8. The van der Waals surface area contributed by atoms with Crippen LogP contribution < -0.4 is 5.32 Å². The number of benzene rings is 1. The Balaban J connectivity index is 1.67. The summed E-state index contributed by atoms with van der Waals surface area (Å²) in [6, 6.07) is 6.92. The summed E-state index contributed by atoms with van der Waals surface area (Å²) in [6.07, 6.45) is 1.43. The molecule has 4 rings (SSSR count). The molecular weight excluding hydrogens is 301 g/mol. The van der Waals surface area contributed by atoms with Crippen LogP contribution in [0, 0.1) is 6.08 Å². The van der Waals surface area contributed by atoms with Gasteiger partial charge in [0.15, 0.2) is 17.0 Å². The molecule has 0 bridgehead atoms. The Labute approximate surface area is 130 Å². The van der Waals surface area contributed by atoms with E-state index in [0.29, 0.717) is 29.9 Å². The average molecular weight is 315 g/mol. The van der Waals surface area contributed by atoms with E-state index in [4.69, 9.17) is 4.74 Å². The number of hydrogen-bond acceptors (Lipinski definition) is 6. The van der Waals surface area contributed by atoms with Gasteiger partial charge >= 0.3 is 6.08 Å². The zero-order valence-electron chi connectivity index (χ0n) is 12.1. The summed E-state index contributed by atoms with van der Waals surface area (Å²) in [5.41, 5.74) is 1.54. The molecule has 2 N–H and O–H groups in total. The maximum absolute atomic E-state index is 13.8. The highest BCUT2D eigenvalue weighted by atomic mass is 19.1. The number of anilines is 1. The van der Waals surface area contributed by atoms with Gasteiger partial charge in [0, 0.05) is 18.5 Å². The van der Waals surface area contributed by atoms with Gasteiger partial charge in [-0.1, -0.05) is 18.2 Å². The van der Waals surface area contributed by atoms with E-state index in [2.05, 4.69) is 20.3 Å². The molecular formula is C15H14FN5O2. The summed E-state index contributed by atoms with van der Waals surface area (Å²) in [5.74, 6) is 0.452. The van der Waals surface area contributed by atoms with Crippen LogP contribution in [0.2, 0.25) is 0 Å². The summed E-state index contributed by atoms with van der Waals surface area (Å²) in [6.45, 7) is 0.974. The van der Waals surface area contributed by atoms with Crippen molar-refractivity contribution in [3.8, 4) is 5.75 Å². The molecule has 1 unspecified atom stereocenters. The quantitative estimate of drug-likeness (QED) is 0.718. The molecule has 1 fully saturated rings. The number of nitrogens with one attached hydrogen (secondary N) is 1. The predicted molar refractivity (Wildman–Crippen MR) is 80.3 cm³/mol. The Bertz CT molecular complexity index is 862. The summed E-state index contributed by atoms with van der Waals surface area (Å²) >= 11 is 0. The van der Waals surface area contributed by atoms with E-state index in [-0.39, 0.29) is 17.8 Å². The number of aromatic hydroxyl groups is 1. The van der Waals surface area contributed by atoms with Crippen molar-refractivity contribution in [1.82, 2.24) is 19.5 Å². The fraction of sp³-hybridized carbons (Fsp3) is 0.267. The van der Waals surface area contributed by atoms with Gasteiger partial charge in [-0.05, 0) is 6.07 Å². The van der Waals surface area contributed by atoms with Crippen LogP contribution in [0.3, 0.4) is 0 Å². The molecule has 1 atom stereocenters. The number of rotatable bonds is 4. The minimum atomic E-state index is -0.835. The number of hydrogen-bond donors (Lipinski definition) is 2. The number of fused-ring (bicyclic) bond motifs is 1. The number of phenolic OH excluding ortho intramolecular Hbond substituents is 1. The van der Waals surface area contributed by atoms with Gasteiger partial charge < -0.3 is 15.2 Å².